The van der Waals surface area contributed by atoms with Gasteiger partial charge in [0.15, 0.2) is 5.78 Å². The number of benzene rings is 3. The smallest absolute Gasteiger partial charge is 0.221 e. The summed E-state index contributed by atoms with van der Waals surface area (Å²) in [4.78, 5) is 25.5. The predicted molar refractivity (Wildman–Crippen MR) is 116 cm³/mol. The molecule has 0 unspecified atom stereocenters. The zero-order chi connectivity index (χ0) is 20.1. The van der Waals surface area contributed by atoms with Crippen LogP contribution in [-0.4, -0.2) is 11.7 Å². The summed E-state index contributed by atoms with van der Waals surface area (Å²) in [6.07, 6.45) is 0. The van der Waals surface area contributed by atoms with Crippen LogP contribution in [0.25, 0.3) is 0 Å². The van der Waals surface area contributed by atoms with E-state index in [4.69, 9.17) is 0 Å². The molecule has 3 nitrogen and oxygen atoms in total. The molecular weight excluding hydrogens is 366 g/mol. The van der Waals surface area contributed by atoms with Crippen LogP contribution in [0.3, 0.4) is 0 Å². The quantitative estimate of drug-likeness (QED) is 0.417. The Morgan fingerprint density at radius 1 is 0.786 bits per heavy atom. The Morgan fingerprint density at radius 2 is 1.32 bits per heavy atom. The number of aryl methyl sites for hydroxylation is 2. The minimum absolute atomic E-state index is 0.0831. The highest BCUT2D eigenvalue weighted by Gasteiger charge is 2.23. The lowest BCUT2D eigenvalue weighted by Gasteiger charge is -2.17. The molecule has 0 saturated heterocycles. The maximum absolute atomic E-state index is 13.3. The van der Waals surface area contributed by atoms with E-state index < -0.39 is 0 Å². The van der Waals surface area contributed by atoms with Gasteiger partial charge in [0.1, 0.15) is 0 Å². The number of thioether (sulfide) groups is 1. The molecule has 0 aliphatic rings. The van der Waals surface area contributed by atoms with Gasteiger partial charge in [0.05, 0.1) is 5.25 Å². The maximum Gasteiger partial charge on any atom is 0.221 e. The summed E-state index contributed by atoms with van der Waals surface area (Å²) in [5, 5.41) is 2.42. The van der Waals surface area contributed by atoms with Crippen molar-refractivity contribution in [1.29, 1.82) is 0 Å². The molecule has 3 aromatic rings. The molecule has 0 heterocycles. The molecule has 0 aromatic heterocycles. The van der Waals surface area contributed by atoms with Crippen LogP contribution in [0, 0.1) is 13.8 Å². The van der Waals surface area contributed by atoms with E-state index in [0.29, 0.717) is 5.56 Å². The second-order valence-corrected chi connectivity index (χ2v) is 8.02. The second kappa shape index (κ2) is 8.89. The molecule has 0 radical (unpaired) electrons. The topological polar surface area (TPSA) is 46.2 Å². The third-order valence-corrected chi connectivity index (χ3v) is 5.65. The fourth-order valence-electron chi connectivity index (χ4n) is 2.84. The largest absolute Gasteiger partial charge is 0.326 e. The van der Waals surface area contributed by atoms with Crippen LogP contribution in [0.4, 0.5) is 5.69 Å². The highest BCUT2D eigenvalue weighted by Crippen LogP contribution is 2.38. The van der Waals surface area contributed by atoms with Crippen LogP contribution >= 0.6 is 11.8 Å². The minimum Gasteiger partial charge on any atom is -0.326 e. The molecule has 0 bridgehead atoms. The van der Waals surface area contributed by atoms with E-state index >= 15 is 0 Å². The summed E-state index contributed by atoms with van der Waals surface area (Å²) < 4.78 is 0. The predicted octanol–water partition coefficient (Wildman–Crippen LogP) is 5.98. The number of ketones is 1. The Kier molecular flexibility index (Phi) is 6.32. The number of anilines is 1. The Balaban J connectivity index is 1.89. The highest BCUT2D eigenvalue weighted by atomic mass is 32.2. The Bertz CT molecular complexity index is 961. The first kappa shape index (κ1) is 19.9. The van der Waals surface area contributed by atoms with Gasteiger partial charge in [0.2, 0.25) is 5.91 Å². The summed E-state index contributed by atoms with van der Waals surface area (Å²) in [5.74, 6) is -0.0210. The van der Waals surface area contributed by atoms with E-state index in [9.17, 15) is 9.59 Å². The average molecular weight is 390 g/mol. The summed E-state index contributed by atoms with van der Waals surface area (Å²) in [6, 6.07) is 23.4. The average Bonchev–Trinajstić information content (AvgIpc) is 2.68. The first-order valence-electron chi connectivity index (χ1n) is 9.14. The number of rotatable bonds is 6. The van der Waals surface area contributed by atoms with Crippen molar-refractivity contribution in [3.63, 3.8) is 0 Å². The molecule has 142 valence electrons. The first-order chi connectivity index (χ1) is 13.4. The number of hydrogen-bond acceptors (Lipinski definition) is 3. The van der Waals surface area contributed by atoms with Crippen molar-refractivity contribution >= 4 is 29.1 Å². The lowest BCUT2D eigenvalue weighted by atomic mass is 10.0. The molecule has 0 aliphatic heterocycles. The van der Waals surface area contributed by atoms with Crippen LogP contribution < -0.4 is 5.32 Å². The van der Waals surface area contributed by atoms with Gasteiger partial charge >= 0.3 is 0 Å². The maximum atomic E-state index is 13.3. The summed E-state index contributed by atoms with van der Waals surface area (Å²) in [5.41, 5.74) is 4.72. The summed E-state index contributed by atoms with van der Waals surface area (Å²) >= 11 is 1.52. The van der Waals surface area contributed by atoms with Gasteiger partial charge in [0.25, 0.3) is 0 Å². The summed E-state index contributed by atoms with van der Waals surface area (Å²) in [7, 11) is 0. The molecule has 3 aromatic carbocycles. The number of Topliss-reactive ketones (excluding diaryl/α,β-unsaturated/α-hetero) is 1. The number of carbonyl (C=O) groups excluding carboxylic acids is 2. The molecule has 0 aliphatic carbocycles. The van der Waals surface area contributed by atoms with Crippen molar-refractivity contribution in [2.24, 2.45) is 0 Å². The monoisotopic (exact) mass is 389 g/mol. The molecule has 1 N–H and O–H groups in total. The van der Waals surface area contributed by atoms with Crippen LogP contribution in [-0.2, 0) is 4.79 Å². The summed E-state index contributed by atoms with van der Waals surface area (Å²) in [6.45, 7) is 5.53. The van der Waals surface area contributed by atoms with Crippen molar-refractivity contribution in [2.45, 2.75) is 30.9 Å². The van der Waals surface area contributed by atoms with E-state index in [1.54, 1.807) is 0 Å². The Labute approximate surface area is 170 Å². The van der Waals surface area contributed by atoms with Gasteiger partial charge in [-0.1, -0.05) is 59.7 Å². The van der Waals surface area contributed by atoms with Crippen molar-refractivity contribution in [2.75, 3.05) is 5.32 Å². The molecular formula is C24H23NO2S. The zero-order valence-electron chi connectivity index (χ0n) is 16.2. The molecule has 1 amide bonds. The van der Waals surface area contributed by atoms with Gasteiger partial charge in [0, 0.05) is 23.1 Å². The Hall–Kier alpha value is -2.85. The number of nitrogens with one attached hydrogen (secondary N) is 1. The fraction of sp³-hybridized carbons (Fsp3) is 0.167. The molecule has 28 heavy (non-hydrogen) atoms. The molecule has 4 heteroatoms. The standard InChI is InChI=1S/C24H23NO2S/c1-16-4-8-19(9-5-16)23(27)24(20-10-6-17(2)7-11-20)28-22-14-12-21(13-15-22)25-18(3)26/h4-15,24H,1-3H3,(H,25,26)/t24-/m1/s1. The SMILES string of the molecule is CC(=O)Nc1ccc(S[C@@H](C(=O)c2ccc(C)cc2)c2ccc(C)cc2)cc1. The van der Waals surface area contributed by atoms with E-state index in [0.717, 1.165) is 27.3 Å². The highest BCUT2D eigenvalue weighted by molar-refractivity contribution is 8.00. The second-order valence-electron chi connectivity index (χ2n) is 6.84. The minimum atomic E-state index is -0.338. The lowest BCUT2D eigenvalue weighted by Crippen LogP contribution is -2.10. The van der Waals surface area contributed by atoms with Gasteiger partial charge in [-0.25, -0.2) is 0 Å². The van der Waals surface area contributed by atoms with Gasteiger partial charge < -0.3 is 5.32 Å². The third kappa shape index (κ3) is 5.11. The van der Waals surface area contributed by atoms with Gasteiger partial charge in [-0.05, 0) is 43.7 Å². The normalized spacial score (nSPS) is 11.7. The van der Waals surface area contributed by atoms with Crippen LogP contribution in [0.15, 0.2) is 77.7 Å². The molecule has 0 saturated carbocycles. The van der Waals surface area contributed by atoms with E-state index in [2.05, 4.69) is 5.32 Å². The van der Waals surface area contributed by atoms with Crippen molar-refractivity contribution in [3.8, 4) is 0 Å². The van der Waals surface area contributed by atoms with Crippen LogP contribution in [0.1, 0.15) is 39.2 Å². The first-order valence-corrected chi connectivity index (χ1v) is 10.0. The lowest BCUT2D eigenvalue weighted by molar-refractivity contribution is -0.114. The van der Waals surface area contributed by atoms with Crippen LogP contribution in [0.5, 0.6) is 0 Å². The fourth-order valence-corrected chi connectivity index (χ4v) is 3.94. The van der Waals surface area contributed by atoms with Crippen molar-refractivity contribution in [1.82, 2.24) is 0 Å². The number of amides is 1. The van der Waals surface area contributed by atoms with Crippen molar-refractivity contribution < 1.29 is 9.59 Å². The molecule has 1 atom stereocenters. The Morgan fingerprint density at radius 3 is 1.86 bits per heavy atom. The molecule has 0 fully saturated rings. The van der Waals surface area contributed by atoms with E-state index in [1.165, 1.54) is 18.7 Å². The van der Waals surface area contributed by atoms with E-state index in [1.807, 2.05) is 86.6 Å². The van der Waals surface area contributed by atoms with Gasteiger partial charge in [-0.15, -0.1) is 11.8 Å². The van der Waals surface area contributed by atoms with Gasteiger partial charge in [-0.2, -0.15) is 0 Å². The number of carbonyl (C=O) groups is 2. The third-order valence-electron chi connectivity index (χ3n) is 4.38. The number of hydrogen-bond donors (Lipinski definition) is 1. The van der Waals surface area contributed by atoms with Crippen LogP contribution in [0.2, 0.25) is 0 Å². The van der Waals surface area contributed by atoms with E-state index in [-0.39, 0.29) is 16.9 Å². The van der Waals surface area contributed by atoms with Crippen molar-refractivity contribution in [3.05, 3.63) is 95.1 Å². The van der Waals surface area contributed by atoms with Gasteiger partial charge in [-0.3, -0.25) is 9.59 Å². The zero-order valence-corrected chi connectivity index (χ0v) is 17.0. The molecule has 3 rings (SSSR count). The molecule has 0 spiro atoms.